The lowest BCUT2D eigenvalue weighted by Crippen LogP contribution is -2.39. The summed E-state index contributed by atoms with van der Waals surface area (Å²) < 4.78 is 11.2. The summed E-state index contributed by atoms with van der Waals surface area (Å²) in [4.78, 5) is 14.8. The zero-order valence-electron chi connectivity index (χ0n) is 16.7. The maximum absolute atomic E-state index is 12.4. The number of hydrogen-bond acceptors (Lipinski definition) is 4. The highest BCUT2D eigenvalue weighted by molar-refractivity contribution is 5.94. The molecule has 1 aliphatic rings. The van der Waals surface area contributed by atoms with Crippen LogP contribution in [-0.4, -0.2) is 50.7 Å². The molecule has 0 atom stereocenters. The molecule has 26 heavy (non-hydrogen) atoms. The molecule has 1 saturated heterocycles. The van der Waals surface area contributed by atoms with E-state index in [0.29, 0.717) is 36.1 Å². The van der Waals surface area contributed by atoms with Gasteiger partial charge in [-0.25, -0.2) is 0 Å². The van der Waals surface area contributed by atoms with Crippen LogP contribution in [0.1, 0.15) is 50.4 Å². The quantitative estimate of drug-likeness (QED) is 0.729. The first-order valence-electron chi connectivity index (χ1n) is 9.81. The van der Waals surface area contributed by atoms with E-state index in [1.165, 1.54) is 12.8 Å². The second-order valence-corrected chi connectivity index (χ2v) is 7.68. The Kier molecular flexibility index (Phi) is 8.23. The number of likely N-dealkylation sites (tertiary alicyclic amines) is 1. The van der Waals surface area contributed by atoms with Crippen molar-refractivity contribution in [2.45, 2.75) is 40.0 Å². The average Bonchev–Trinajstić information content (AvgIpc) is 2.63. The molecular weight excluding hydrogens is 328 g/mol. The predicted octanol–water partition coefficient (Wildman–Crippen LogP) is 3.58. The molecule has 1 aromatic carbocycles. The molecule has 1 N–H and O–H groups in total. The minimum Gasteiger partial charge on any atom is -0.493 e. The number of hydrogen-bond donors (Lipinski definition) is 1. The summed E-state index contributed by atoms with van der Waals surface area (Å²) in [5.41, 5.74) is 0.602. The smallest absolute Gasteiger partial charge is 0.251 e. The lowest BCUT2D eigenvalue weighted by Gasteiger charge is -2.30. The predicted molar refractivity (Wildman–Crippen MR) is 105 cm³/mol. The molecule has 0 aromatic heterocycles. The summed E-state index contributed by atoms with van der Waals surface area (Å²) in [7, 11) is 1.60. The summed E-state index contributed by atoms with van der Waals surface area (Å²) >= 11 is 0. The van der Waals surface area contributed by atoms with Gasteiger partial charge in [-0.1, -0.05) is 20.8 Å². The van der Waals surface area contributed by atoms with Crippen LogP contribution in [0, 0.1) is 11.8 Å². The lowest BCUT2D eigenvalue weighted by molar-refractivity contribution is 0.0944. The topological polar surface area (TPSA) is 50.8 Å². The number of ether oxygens (including phenoxy) is 2. The third-order valence-corrected chi connectivity index (χ3v) is 4.97. The Bertz CT molecular complexity index is 566. The molecule has 1 aromatic rings. The lowest BCUT2D eigenvalue weighted by atomic mass is 9.99. The van der Waals surface area contributed by atoms with Crippen molar-refractivity contribution in [3.63, 3.8) is 0 Å². The van der Waals surface area contributed by atoms with Crippen molar-refractivity contribution in [2.24, 2.45) is 11.8 Å². The van der Waals surface area contributed by atoms with Gasteiger partial charge in [-0.05, 0) is 62.4 Å². The standard InChI is InChI=1S/C21H34N2O3/c1-16(2)9-14-26-19-6-5-18(15-20(19)25-4)21(24)22-10-13-23-11-7-17(3)8-12-23/h5-6,15-17H,7-14H2,1-4H3,(H,22,24). The zero-order valence-corrected chi connectivity index (χ0v) is 16.7. The van der Waals surface area contributed by atoms with Gasteiger partial charge in [0.15, 0.2) is 11.5 Å². The van der Waals surface area contributed by atoms with Crippen molar-refractivity contribution in [3.8, 4) is 11.5 Å². The highest BCUT2D eigenvalue weighted by atomic mass is 16.5. The van der Waals surface area contributed by atoms with Crippen molar-refractivity contribution < 1.29 is 14.3 Å². The minimum absolute atomic E-state index is 0.0672. The average molecular weight is 363 g/mol. The van der Waals surface area contributed by atoms with Crippen molar-refractivity contribution in [3.05, 3.63) is 23.8 Å². The van der Waals surface area contributed by atoms with E-state index in [-0.39, 0.29) is 5.91 Å². The van der Waals surface area contributed by atoms with Crippen LogP contribution >= 0.6 is 0 Å². The third-order valence-electron chi connectivity index (χ3n) is 4.97. The summed E-state index contributed by atoms with van der Waals surface area (Å²) in [6, 6.07) is 5.37. The molecule has 0 bridgehead atoms. The monoisotopic (exact) mass is 362 g/mol. The molecule has 2 rings (SSSR count). The van der Waals surface area contributed by atoms with E-state index in [9.17, 15) is 4.79 Å². The maximum atomic E-state index is 12.4. The van der Waals surface area contributed by atoms with Gasteiger partial charge in [-0.15, -0.1) is 0 Å². The number of amides is 1. The zero-order chi connectivity index (χ0) is 18.9. The molecule has 1 aliphatic heterocycles. The van der Waals surface area contributed by atoms with Gasteiger partial charge in [0, 0.05) is 18.7 Å². The Morgan fingerprint density at radius 1 is 1.27 bits per heavy atom. The molecule has 0 spiro atoms. The second kappa shape index (κ2) is 10.4. The van der Waals surface area contributed by atoms with Gasteiger partial charge < -0.3 is 19.7 Å². The van der Waals surface area contributed by atoms with E-state index in [1.54, 1.807) is 19.2 Å². The Morgan fingerprint density at radius 3 is 2.65 bits per heavy atom. The van der Waals surface area contributed by atoms with Gasteiger partial charge in [0.25, 0.3) is 5.91 Å². The molecule has 0 unspecified atom stereocenters. The summed E-state index contributed by atoms with van der Waals surface area (Å²) in [5, 5.41) is 3.01. The Balaban J connectivity index is 1.82. The van der Waals surface area contributed by atoms with Gasteiger partial charge in [0.05, 0.1) is 13.7 Å². The van der Waals surface area contributed by atoms with E-state index in [4.69, 9.17) is 9.47 Å². The molecule has 1 heterocycles. The number of methoxy groups -OCH3 is 1. The van der Waals surface area contributed by atoms with Crippen LogP contribution in [0.4, 0.5) is 0 Å². The Hall–Kier alpha value is -1.75. The number of carbonyl (C=O) groups is 1. The van der Waals surface area contributed by atoms with Gasteiger partial charge in [-0.3, -0.25) is 4.79 Å². The van der Waals surface area contributed by atoms with Gasteiger partial charge in [0.2, 0.25) is 0 Å². The van der Waals surface area contributed by atoms with Crippen molar-refractivity contribution in [1.82, 2.24) is 10.2 Å². The second-order valence-electron chi connectivity index (χ2n) is 7.68. The van der Waals surface area contributed by atoms with Crippen LogP contribution in [0.5, 0.6) is 11.5 Å². The molecule has 1 amide bonds. The largest absolute Gasteiger partial charge is 0.493 e. The summed E-state index contributed by atoms with van der Waals surface area (Å²) in [6.45, 7) is 11.1. The van der Waals surface area contributed by atoms with E-state index in [2.05, 4.69) is 31.0 Å². The first-order chi connectivity index (χ1) is 12.5. The van der Waals surface area contributed by atoms with Crippen LogP contribution in [0.25, 0.3) is 0 Å². The summed E-state index contributed by atoms with van der Waals surface area (Å²) in [5.74, 6) is 2.64. The first-order valence-corrected chi connectivity index (χ1v) is 9.81. The van der Waals surface area contributed by atoms with E-state index >= 15 is 0 Å². The fraction of sp³-hybridized carbons (Fsp3) is 0.667. The highest BCUT2D eigenvalue weighted by Crippen LogP contribution is 2.28. The minimum atomic E-state index is -0.0672. The molecule has 0 saturated carbocycles. The van der Waals surface area contributed by atoms with Crippen LogP contribution in [0.2, 0.25) is 0 Å². The molecular formula is C21H34N2O3. The van der Waals surface area contributed by atoms with Gasteiger partial charge in [-0.2, -0.15) is 0 Å². The van der Waals surface area contributed by atoms with Crippen LogP contribution in [-0.2, 0) is 0 Å². The number of nitrogens with one attached hydrogen (secondary N) is 1. The summed E-state index contributed by atoms with van der Waals surface area (Å²) in [6.07, 6.45) is 3.49. The number of rotatable bonds is 9. The van der Waals surface area contributed by atoms with E-state index < -0.39 is 0 Å². The molecule has 0 aliphatic carbocycles. The molecule has 0 radical (unpaired) electrons. The van der Waals surface area contributed by atoms with Crippen molar-refractivity contribution >= 4 is 5.91 Å². The number of carbonyl (C=O) groups excluding carboxylic acids is 1. The Labute approximate surface area is 158 Å². The molecule has 1 fully saturated rings. The fourth-order valence-electron chi connectivity index (χ4n) is 3.05. The van der Waals surface area contributed by atoms with E-state index in [1.807, 2.05) is 6.07 Å². The highest BCUT2D eigenvalue weighted by Gasteiger charge is 2.16. The maximum Gasteiger partial charge on any atom is 0.251 e. The number of benzene rings is 1. The molecule has 146 valence electrons. The normalized spacial score (nSPS) is 15.9. The SMILES string of the molecule is COc1cc(C(=O)NCCN2CCC(C)CC2)ccc1OCCC(C)C. The number of nitrogens with zero attached hydrogens (tertiary/aromatic N) is 1. The van der Waals surface area contributed by atoms with Crippen LogP contribution in [0.3, 0.4) is 0 Å². The van der Waals surface area contributed by atoms with Crippen molar-refractivity contribution in [2.75, 3.05) is 39.9 Å². The van der Waals surface area contributed by atoms with Gasteiger partial charge in [0.1, 0.15) is 0 Å². The number of piperidine rings is 1. The molecule has 5 heteroatoms. The third kappa shape index (κ3) is 6.52. The molecule has 5 nitrogen and oxygen atoms in total. The fourth-order valence-corrected chi connectivity index (χ4v) is 3.05. The first kappa shape index (κ1) is 20.6. The van der Waals surface area contributed by atoms with Crippen molar-refractivity contribution in [1.29, 1.82) is 0 Å². The van der Waals surface area contributed by atoms with Crippen LogP contribution < -0.4 is 14.8 Å². The van der Waals surface area contributed by atoms with E-state index in [0.717, 1.165) is 32.0 Å². The Morgan fingerprint density at radius 2 is 2.00 bits per heavy atom. The van der Waals surface area contributed by atoms with Gasteiger partial charge >= 0.3 is 0 Å². The van der Waals surface area contributed by atoms with Crippen LogP contribution in [0.15, 0.2) is 18.2 Å².